The first kappa shape index (κ1) is 29.3. The molecule has 1 rings (SSSR count). The number of para-hydroxylation sites is 1. The molecule has 192 valence electrons. The van der Waals surface area contributed by atoms with E-state index in [2.05, 4.69) is 10.6 Å². The average molecular weight is 478 g/mol. The Morgan fingerprint density at radius 3 is 2.24 bits per heavy atom. The molecule has 0 spiro atoms. The van der Waals surface area contributed by atoms with E-state index in [1.807, 2.05) is 27.7 Å². The Morgan fingerprint density at radius 1 is 1.09 bits per heavy atom. The normalized spacial score (nSPS) is 15.0. The smallest absolute Gasteiger partial charge is 0.408 e. The van der Waals surface area contributed by atoms with E-state index in [0.717, 1.165) is 12.8 Å². The fourth-order valence-electron chi connectivity index (χ4n) is 3.71. The number of nitrogens with one attached hydrogen (secondary N) is 2. The zero-order valence-corrected chi connectivity index (χ0v) is 22.2. The second kappa shape index (κ2) is 12.6. The molecule has 8 heteroatoms. The minimum atomic E-state index is -1.07. The summed E-state index contributed by atoms with van der Waals surface area (Å²) in [5.41, 5.74) is 0.238. The lowest BCUT2D eigenvalue weighted by molar-refractivity contribution is -0.145. The molecule has 3 N–H and O–H groups in total. The van der Waals surface area contributed by atoms with Crippen molar-refractivity contribution in [3.63, 3.8) is 0 Å². The number of rotatable bonds is 10. The van der Waals surface area contributed by atoms with E-state index in [9.17, 15) is 19.5 Å². The minimum Gasteiger partial charge on any atom is -0.507 e. The number of ether oxygens (including phenoxy) is 1. The number of carbonyl (C=O) groups excluding carboxylic acids is 3. The van der Waals surface area contributed by atoms with Gasteiger partial charge in [-0.3, -0.25) is 9.59 Å². The lowest BCUT2D eigenvalue weighted by atomic mass is 9.97. The number of alkyl carbamates (subject to hydrolysis) is 1. The Bertz CT molecular complexity index is 849. The number of phenols is 1. The van der Waals surface area contributed by atoms with Crippen LogP contribution in [0.15, 0.2) is 18.2 Å². The summed E-state index contributed by atoms with van der Waals surface area (Å²) in [6.07, 6.45) is 1.54. The number of hydrogen-bond acceptors (Lipinski definition) is 5. The topological polar surface area (TPSA) is 108 Å². The predicted octanol–water partition coefficient (Wildman–Crippen LogP) is 4.59. The standard InChI is InChI=1S/C26H43N3O5/c1-10-13-17(4)27-23(31)21(20-15-12-14-16(3)22(20)30)29(18(5)11-2)24(32)19(6)28-25(33)34-26(7,8)9/h12,14-15,17-19,21,30H,10-11,13H2,1-9H3,(H,27,31)(H,28,33). The van der Waals surface area contributed by atoms with Crippen LogP contribution in [0.5, 0.6) is 5.75 Å². The van der Waals surface area contributed by atoms with Crippen LogP contribution in [0.1, 0.15) is 91.8 Å². The molecule has 8 nitrogen and oxygen atoms in total. The third-order valence-electron chi connectivity index (χ3n) is 5.62. The quantitative estimate of drug-likeness (QED) is 0.457. The van der Waals surface area contributed by atoms with Crippen molar-refractivity contribution < 1.29 is 24.2 Å². The van der Waals surface area contributed by atoms with Crippen LogP contribution in [0.25, 0.3) is 0 Å². The van der Waals surface area contributed by atoms with E-state index in [-0.39, 0.29) is 23.7 Å². The lowest BCUT2D eigenvalue weighted by Gasteiger charge is -2.38. The van der Waals surface area contributed by atoms with Crippen molar-refractivity contribution in [2.75, 3.05) is 0 Å². The van der Waals surface area contributed by atoms with Gasteiger partial charge in [0.1, 0.15) is 23.4 Å². The molecule has 34 heavy (non-hydrogen) atoms. The van der Waals surface area contributed by atoms with Crippen LogP contribution in [0, 0.1) is 6.92 Å². The molecule has 0 aromatic heterocycles. The van der Waals surface area contributed by atoms with Gasteiger partial charge in [0.25, 0.3) is 0 Å². The number of aromatic hydroxyl groups is 1. The second-order valence-electron chi connectivity index (χ2n) is 9.98. The monoisotopic (exact) mass is 477 g/mol. The molecule has 0 heterocycles. The molecule has 0 bridgehead atoms. The molecule has 4 atom stereocenters. The van der Waals surface area contributed by atoms with Crippen molar-refractivity contribution in [1.82, 2.24) is 15.5 Å². The number of carbonyl (C=O) groups is 3. The van der Waals surface area contributed by atoms with E-state index in [1.165, 1.54) is 4.90 Å². The first-order valence-corrected chi connectivity index (χ1v) is 12.1. The van der Waals surface area contributed by atoms with Gasteiger partial charge in [0.15, 0.2) is 0 Å². The zero-order chi connectivity index (χ0) is 26.2. The highest BCUT2D eigenvalue weighted by atomic mass is 16.6. The van der Waals surface area contributed by atoms with E-state index in [1.54, 1.807) is 52.8 Å². The van der Waals surface area contributed by atoms with Gasteiger partial charge in [0, 0.05) is 17.6 Å². The summed E-state index contributed by atoms with van der Waals surface area (Å²) in [7, 11) is 0. The van der Waals surface area contributed by atoms with Crippen LogP contribution < -0.4 is 10.6 Å². The number of nitrogens with zero attached hydrogens (tertiary/aromatic N) is 1. The Kier molecular flexibility index (Phi) is 10.9. The van der Waals surface area contributed by atoms with Crippen LogP contribution in [0.3, 0.4) is 0 Å². The highest BCUT2D eigenvalue weighted by Gasteiger charge is 2.38. The van der Waals surface area contributed by atoms with E-state index >= 15 is 0 Å². The maximum atomic E-state index is 13.7. The molecule has 0 aliphatic rings. The fourth-order valence-corrected chi connectivity index (χ4v) is 3.71. The van der Waals surface area contributed by atoms with Crippen LogP contribution >= 0.6 is 0 Å². The van der Waals surface area contributed by atoms with Crippen molar-refractivity contribution in [2.24, 2.45) is 0 Å². The first-order chi connectivity index (χ1) is 15.7. The molecule has 0 radical (unpaired) electrons. The SMILES string of the molecule is CCCC(C)NC(=O)C(c1cccc(C)c1O)N(C(=O)C(C)NC(=O)OC(C)(C)C)C(C)CC. The first-order valence-electron chi connectivity index (χ1n) is 12.1. The van der Waals surface area contributed by atoms with Crippen LogP contribution in [0.4, 0.5) is 4.79 Å². The zero-order valence-electron chi connectivity index (χ0n) is 22.2. The lowest BCUT2D eigenvalue weighted by Crippen LogP contribution is -2.55. The predicted molar refractivity (Wildman–Crippen MR) is 134 cm³/mol. The van der Waals surface area contributed by atoms with E-state index < -0.39 is 29.7 Å². The third-order valence-corrected chi connectivity index (χ3v) is 5.62. The average Bonchev–Trinajstić information content (AvgIpc) is 2.71. The van der Waals surface area contributed by atoms with Gasteiger partial charge in [-0.15, -0.1) is 0 Å². The molecule has 0 aliphatic carbocycles. The van der Waals surface area contributed by atoms with Crippen LogP contribution in [-0.4, -0.2) is 51.6 Å². The number of hydrogen-bond donors (Lipinski definition) is 3. The van der Waals surface area contributed by atoms with Crippen molar-refractivity contribution in [2.45, 2.75) is 111 Å². The van der Waals surface area contributed by atoms with Gasteiger partial charge in [-0.05, 0) is 66.9 Å². The Labute approximate surface area is 204 Å². The largest absolute Gasteiger partial charge is 0.507 e. The summed E-state index contributed by atoms with van der Waals surface area (Å²) >= 11 is 0. The third kappa shape index (κ3) is 8.22. The van der Waals surface area contributed by atoms with Gasteiger partial charge in [-0.1, -0.05) is 38.5 Å². The maximum Gasteiger partial charge on any atom is 0.408 e. The van der Waals surface area contributed by atoms with Gasteiger partial charge in [0.05, 0.1) is 0 Å². The second-order valence-corrected chi connectivity index (χ2v) is 9.98. The molecule has 1 aromatic carbocycles. The van der Waals surface area contributed by atoms with Crippen molar-refractivity contribution in [1.29, 1.82) is 0 Å². The highest BCUT2D eigenvalue weighted by Crippen LogP contribution is 2.34. The fraction of sp³-hybridized carbons (Fsp3) is 0.654. The summed E-state index contributed by atoms with van der Waals surface area (Å²) in [5, 5.41) is 16.4. The Balaban J connectivity index is 3.45. The summed E-state index contributed by atoms with van der Waals surface area (Å²) in [6, 6.07) is 2.71. The van der Waals surface area contributed by atoms with Gasteiger partial charge in [-0.2, -0.15) is 0 Å². The Morgan fingerprint density at radius 2 is 1.71 bits per heavy atom. The van der Waals surface area contributed by atoms with E-state index in [0.29, 0.717) is 17.5 Å². The number of amides is 3. The summed E-state index contributed by atoms with van der Waals surface area (Å²) < 4.78 is 5.29. The number of aryl methyl sites for hydroxylation is 1. The molecule has 0 saturated carbocycles. The summed E-state index contributed by atoms with van der Waals surface area (Å²) in [5.74, 6) is -0.843. The van der Waals surface area contributed by atoms with Crippen molar-refractivity contribution in [3.8, 4) is 5.75 Å². The number of phenolic OH excluding ortho intramolecular Hbond substituents is 1. The van der Waals surface area contributed by atoms with Gasteiger partial charge in [-0.25, -0.2) is 4.79 Å². The van der Waals surface area contributed by atoms with Crippen molar-refractivity contribution in [3.05, 3.63) is 29.3 Å². The van der Waals surface area contributed by atoms with Gasteiger partial charge in [0.2, 0.25) is 11.8 Å². The van der Waals surface area contributed by atoms with Crippen LogP contribution in [0.2, 0.25) is 0 Å². The van der Waals surface area contributed by atoms with Crippen molar-refractivity contribution >= 4 is 17.9 Å². The molecule has 0 fully saturated rings. The minimum absolute atomic E-state index is 0.0281. The molecule has 3 amide bonds. The maximum absolute atomic E-state index is 13.7. The molecule has 0 saturated heterocycles. The van der Waals surface area contributed by atoms with Crippen LogP contribution in [-0.2, 0) is 14.3 Å². The summed E-state index contributed by atoms with van der Waals surface area (Å²) in [4.78, 5) is 41.0. The Hall–Kier alpha value is -2.77. The molecule has 0 aliphatic heterocycles. The highest BCUT2D eigenvalue weighted by molar-refractivity contribution is 5.92. The number of benzene rings is 1. The van der Waals surface area contributed by atoms with E-state index in [4.69, 9.17) is 4.74 Å². The van der Waals surface area contributed by atoms with Gasteiger partial charge >= 0.3 is 6.09 Å². The molecule has 1 aromatic rings. The molecular formula is C26H43N3O5. The van der Waals surface area contributed by atoms with Gasteiger partial charge < -0.3 is 25.4 Å². The summed E-state index contributed by atoms with van der Waals surface area (Å²) in [6.45, 7) is 16.2. The molecular weight excluding hydrogens is 434 g/mol. The molecule has 4 unspecified atom stereocenters.